The molecule has 0 atom stereocenters. The first-order valence-electron chi connectivity index (χ1n) is 12.1. The highest BCUT2D eigenvalue weighted by Gasteiger charge is 2.42. The summed E-state index contributed by atoms with van der Waals surface area (Å²) in [5.74, 6) is -1.11. The number of nitrogens with zero attached hydrogens (tertiary/aromatic N) is 3. The molecular formula is C27H25Cl2F3N4O4S. The number of likely N-dealkylation sites (tertiary alicyclic amines) is 1. The van der Waals surface area contributed by atoms with Gasteiger partial charge in [-0.05, 0) is 53.6 Å². The van der Waals surface area contributed by atoms with Gasteiger partial charge in [-0.1, -0.05) is 47.5 Å². The van der Waals surface area contributed by atoms with E-state index >= 15 is 0 Å². The summed E-state index contributed by atoms with van der Waals surface area (Å²) in [6.45, 7) is 0.313. The number of alkyl halides is 3. The zero-order valence-electron chi connectivity index (χ0n) is 21.8. The standard InChI is InChI=1S/C27H25Cl2F3N4O4S/c1-34(26(33)38)25(37)18-11-19(27(30,31)32)13-22(12-18)36(41(2,39)40)23-14-35(15-23)24(16-3-7-20(28)8-4-16)17-5-9-21(29)10-6-17/h3-13,23-24H,14-15H2,1-2H3,(H2,33,38). The van der Waals surface area contributed by atoms with Crippen LogP contribution in [0.25, 0.3) is 0 Å². The number of carbonyl (C=O) groups is 2. The fourth-order valence-electron chi connectivity index (χ4n) is 4.74. The van der Waals surface area contributed by atoms with Crippen LogP contribution in [-0.2, 0) is 16.2 Å². The zero-order chi connectivity index (χ0) is 30.3. The third kappa shape index (κ3) is 6.78. The molecule has 1 heterocycles. The molecule has 8 nitrogen and oxygen atoms in total. The highest BCUT2D eigenvalue weighted by Crippen LogP contribution is 2.39. The summed E-state index contributed by atoms with van der Waals surface area (Å²) in [6, 6.07) is 14.2. The van der Waals surface area contributed by atoms with E-state index in [0.717, 1.165) is 34.8 Å². The van der Waals surface area contributed by atoms with Crippen LogP contribution in [0.15, 0.2) is 66.7 Å². The van der Waals surface area contributed by atoms with Crippen molar-refractivity contribution in [2.24, 2.45) is 5.73 Å². The highest BCUT2D eigenvalue weighted by molar-refractivity contribution is 7.92. The third-order valence-electron chi connectivity index (χ3n) is 6.70. The van der Waals surface area contributed by atoms with E-state index in [1.807, 2.05) is 29.2 Å². The van der Waals surface area contributed by atoms with Gasteiger partial charge in [0.1, 0.15) is 0 Å². The average molecular weight is 629 g/mol. The molecule has 1 saturated heterocycles. The van der Waals surface area contributed by atoms with E-state index < -0.39 is 45.3 Å². The Balaban J connectivity index is 1.72. The van der Waals surface area contributed by atoms with Crippen molar-refractivity contribution in [3.05, 3.63) is 99.0 Å². The lowest BCUT2D eigenvalue weighted by atomic mass is 9.93. The Hall–Kier alpha value is -3.32. The molecule has 1 fully saturated rings. The Bertz CT molecular complexity index is 1520. The fourth-order valence-corrected chi connectivity index (χ4v) is 6.16. The molecule has 14 heteroatoms. The predicted octanol–water partition coefficient (Wildman–Crippen LogP) is 5.40. The van der Waals surface area contributed by atoms with E-state index in [1.54, 1.807) is 24.3 Å². The van der Waals surface area contributed by atoms with Crippen molar-refractivity contribution in [2.45, 2.75) is 18.3 Å². The lowest BCUT2D eigenvalue weighted by Crippen LogP contribution is -2.61. The lowest BCUT2D eigenvalue weighted by molar-refractivity contribution is -0.137. The molecule has 3 aromatic carbocycles. The van der Waals surface area contributed by atoms with Gasteiger partial charge in [-0.3, -0.25) is 18.9 Å². The summed E-state index contributed by atoms with van der Waals surface area (Å²) < 4.78 is 68.3. The number of anilines is 1. The molecule has 2 N–H and O–H groups in total. The maximum atomic E-state index is 13.8. The van der Waals surface area contributed by atoms with Crippen molar-refractivity contribution in [3.63, 3.8) is 0 Å². The molecule has 0 spiro atoms. The number of carbonyl (C=O) groups excluding carboxylic acids is 2. The number of primary amides is 1. The maximum Gasteiger partial charge on any atom is 0.416 e. The molecule has 218 valence electrons. The molecular weight excluding hydrogens is 604 g/mol. The van der Waals surface area contributed by atoms with Crippen molar-refractivity contribution in [2.75, 3.05) is 30.7 Å². The number of rotatable bonds is 7. The predicted molar refractivity (Wildman–Crippen MR) is 151 cm³/mol. The SMILES string of the molecule is CN(C(N)=O)C(=O)c1cc(N(C2CN(C(c3ccc(Cl)cc3)c3ccc(Cl)cc3)C2)S(C)(=O)=O)cc(C(F)(F)F)c1. The number of hydrogen-bond donors (Lipinski definition) is 1. The van der Waals surface area contributed by atoms with Crippen LogP contribution in [0, 0.1) is 0 Å². The molecule has 0 saturated carbocycles. The van der Waals surface area contributed by atoms with Crippen molar-refractivity contribution in [1.82, 2.24) is 9.80 Å². The molecule has 0 unspecified atom stereocenters. The largest absolute Gasteiger partial charge is 0.416 e. The summed E-state index contributed by atoms with van der Waals surface area (Å²) >= 11 is 12.1. The van der Waals surface area contributed by atoms with Gasteiger partial charge in [0.25, 0.3) is 5.91 Å². The molecule has 4 rings (SSSR count). The number of nitrogens with two attached hydrogens (primary N) is 1. The molecule has 0 bridgehead atoms. The zero-order valence-corrected chi connectivity index (χ0v) is 24.1. The minimum Gasteiger partial charge on any atom is -0.351 e. The average Bonchev–Trinajstić information content (AvgIpc) is 2.86. The lowest BCUT2D eigenvalue weighted by Gasteiger charge is -2.49. The Kier molecular flexibility index (Phi) is 8.60. The van der Waals surface area contributed by atoms with Gasteiger partial charge in [0.15, 0.2) is 0 Å². The first-order valence-corrected chi connectivity index (χ1v) is 14.7. The molecule has 0 radical (unpaired) electrons. The molecule has 41 heavy (non-hydrogen) atoms. The van der Waals surface area contributed by atoms with Crippen molar-refractivity contribution in [3.8, 4) is 0 Å². The minimum absolute atomic E-state index is 0.156. The van der Waals surface area contributed by atoms with E-state index in [9.17, 15) is 31.2 Å². The Morgan fingerprint density at radius 2 is 1.44 bits per heavy atom. The van der Waals surface area contributed by atoms with E-state index in [-0.39, 0.29) is 24.8 Å². The van der Waals surface area contributed by atoms with Crippen molar-refractivity contribution < 1.29 is 31.2 Å². The fraction of sp³-hybridized carbons (Fsp3) is 0.259. The Morgan fingerprint density at radius 3 is 1.85 bits per heavy atom. The number of sulfonamides is 1. The van der Waals surface area contributed by atoms with Crippen molar-refractivity contribution in [1.29, 1.82) is 0 Å². The first kappa shape index (κ1) is 30.6. The Morgan fingerprint density at radius 1 is 0.951 bits per heavy atom. The van der Waals surface area contributed by atoms with Gasteiger partial charge in [-0.2, -0.15) is 13.2 Å². The van der Waals surface area contributed by atoms with Gasteiger partial charge in [-0.25, -0.2) is 13.2 Å². The van der Waals surface area contributed by atoms with Crippen LogP contribution in [0.3, 0.4) is 0 Å². The number of amides is 3. The van der Waals surface area contributed by atoms with Gasteiger partial charge in [0, 0.05) is 35.7 Å². The molecule has 3 aromatic rings. The van der Waals surface area contributed by atoms with Crippen molar-refractivity contribution >= 4 is 50.9 Å². The minimum atomic E-state index is -4.90. The summed E-state index contributed by atoms with van der Waals surface area (Å²) in [5.41, 5.74) is 4.70. The maximum absolute atomic E-state index is 13.8. The summed E-state index contributed by atoms with van der Waals surface area (Å²) in [6.07, 6.45) is -4.03. The third-order valence-corrected chi connectivity index (χ3v) is 8.43. The second kappa shape index (κ2) is 11.5. The summed E-state index contributed by atoms with van der Waals surface area (Å²) in [7, 11) is -3.11. The topological polar surface area (TPSA) is 104 Å². The molecule has 1 aliphatic heterocycles. The number of benzene rings is 3. The number of hydrogen-bond acceptors (Lipinski definition) is 5. The monoisotopic (exact) mass is 628 g/mol. The van der Waals surface area contributed by atoms with E-state index in [4.69, 9.17) is 28.9 Å². The van der Waals surface area contributed by atoms with Gasteiger partial charge in [0.05, 0.1) is 29.6 Å². The van der Waals surface area contributed by atoms with E-state index in [1.165, 1.54) is 0 Å². The quantitative estimate of drug-likeness (QED) is 0.377. The van der Waals surface area contributed by atoms with Crippen LogP contribution in [0.2, 0.25) is 10.0 Å². The van der Waals surface area contributed by atoms with Crippen LogP contribution in [0.1, 0.15) is 33.1 Å². The molecule has 0 aromatic heterocycles. The number of imide groups is 1. The van der Waals surface area contributed by atoms with Gasteiger partial charge in [0.2, 0.25) is 10.0 Å². The second-order valence-corrected chi connectivity index (χ2v) is 12.4. The molecule has 3 amide bonds. The van der Waals surface area contributed by atoms with Crippen LogP contribution < -0.4 is 10.0 Å². The van der Waals surface area contributed by atoms with Gasteiger partial charge in [-0.15, -0.1) is 0 Å². The normalized spacial score (nSPS) is 14.5. The Labute approximate surface area is 245 Å². The van der Waals surface area contributed by atoms with E-state index in [2.05, 4.69) is 0 Å². The number of halogens is 5. The first-order chi connectivity index (χ1) is 19.1. The molecule has 0 aliphatic carbocycles. The van der Waals surface area contributed by atoms with Crippen LogP contribution in [-0.4, -0.2) is 62.6 Å². The highest BCUT2D eigenvalue weighted by atomic mass is 35.5. The van der Waals surface area contributed by atoms with Crippen LogP contribution >= 0.6 is 23.2 Å². The summed E-state index contributed by atoms with van der Waals surface area (Å²) in [5, 5.41) is 1.07. The smallest absolute Gasteiger partial charge is 0.351 e. The summed E-state index contributed by atoms with van der Waals surface area (Å²) in [4.78, 5) is 26.6. The number of urea groups is 1. The van der Waals surface area contributed by atoms with Gasteiger partial charge < -0.3 is 5.73 Å². The van der Waals surface area contributed by atoms with Crippen LogP contribution in [0.5, 0.6) is 0 Å². The van der Waals surface area contributed by atoms with Gasteiger partial charge >= 0.3 is 12.2 Å². The molecule has 1 aliphatic rings. The van der Waals surface area contributed by atoms with Crippen LogP contribution in [0.4, 0.5) is 23.7 Å². The second-order valence-electron chi connectivity index (χ2n) is 9.64. The van der Waals surface area contributed by atoms with E-state index in [0.29, 0.717) is 27.1 Å².